The van der Waals surface area contributed by atoms with E-state index in [1.165, 1.54) is 0 Å². The average molecular weight is 297 g/mol. The molecule has 0 aliphatic carbocycles. The second-order valence-corrected chi connectivity index (χ2v) is 4.46. The lowest BCUT2D eigenvalue weighted by atomic mass is 10.2. The van der Waals surface area contributed by atoms with Gasteiger partial charge in [-0.05, 0) is 36.8 Å². The first-order valence-corrected chi connectivity index (χ1v) is 6.57. The summed E-state index contributed by atoms with van der Waals surface area (Å²) in [7, 11) is 0. The molecule has 0 saturated heterocycles. The zero-order chi connectivity index (χ0) is 15.8. The maximum atomic E-state index is 11.6. The Bertz CT molecular complexity index is 684. The second kappa shape index (κ2) is 7.58. The third-order valence-corrected chi connectivity index (χ3v) is 2.61. The number of hydrogen-bond donors (Lipinski definition) is 2. The van der Waals surface area contributed by atoms with Crippen LogP contribution in [-0.4, -0.2) is 18.2 Å². The monoisotopic (exact) mass is 297 g/mol. The quantitative estimate of drug-likeness (QED) is 0.517. The van der Waals surface area contributed by atoms with Crippen LogP contribution in [0, 0.1) is 6.92 Å². The first-order chi connectivity index (χ1) is 10.6. The Kier molecular flexibility index (Phi) is 5.25. The molecule has 0 aliphatic heterocycles. The van der Waals surface area contributed by atoms with Crippen LogP contribution in [0.15, 0.2) is 59.8 Å². The standard InChI is InChI=1S/C16H15N3O3/c1-12-6-5-9-14(10-12)18-15(20)11-17-22-16(21)19-13-7-3-2-4-8-13/h2-11H,1H3,(H,18,20)(H,19,21)/b17-11+. The van der Waals surface area contributed by atoms with Crippen LogP contribution in [-0.2, 0) is 9.63 Å². The van der Waals surface area contributed by atoms with E-state index in [0.29, 0.717) is 11.4 Å². The van der Waals surface area contributed by atoms with E-state index in [4.69, 9.17) is 0 Å². The Morgan fingerprint density at radius 1 is 1.00 bits per heavy atom. The minimum Gasteiger partial charge on any atom is -0.321 e. The summed E-state index contributed by atoms with van der Waals surface area (Å²) in [6, 6.07) is 16.1. The molecule has 6 nitrogen and oxygen atoms in total. The maximum Gasteiger partial charge on any atom is 0.437 e. The lowest BCUT2D eigenvalue weighted by Crippen LogP contribution is -2.15. The number of aryl methyl sites for hydroxylation is 1. The molecule has 0 fully saturated rings. The second-order valence-electron chi connectivity index (χ2n) is 4.46. The molecule has 2 aromatic carbocycles. The predicted molar refractivity (Wildman–Crippen MR) is 84.8 cm³/mol. The number of hydrogen-bond acceptors (Lipinski definition) is 4. The molecule has 0 heterocycles. The number of nitrogens with one attached hydrogen (secondary N) is 2. The summed E-state index contributed by atoms with van der Waals surface area (Å²) >= 11 is 0. The van der Waals surface area contributed by atoms with Crippen molar-refractivity contribution in [3.63, 3.8) is 0 Å². The highest BCUT2D eigenvalue weighted by atomic mass is 16.7. The highest BCUT2D eigenvalue weighted by Crippen LogP contribution is 2.09. The van der Waals surface area contributed by atoms with Crippen LogP contribution in [0.5, 0.6) is 0 Å². The maximum absolute atomic E-state index is 11.6. The molecule has 0 atom stereocenters. The van der Waals surface area contributed by atoms with Crippen molar-refractivity contribution in [1.82, 2.24) is 0 Å². The van der Waals surface area contributed by atoms with Gasteiger partial charge in [-0.1, -0.05) is 35.5 Å². The fourth-order valence-corrected chi connectivity index (χ4v) is 1.68. The van der Waals surface area contributed by atoms with Crippen LogP contribution in [0.25, 0.3) is 0 Å². The highest BCUT2D eigenvalue weighted by Gasteiger charge is 2.03. The fourth-order valence-electron chi connectivity index (χ4n) is 1.68. The number of para-hydroxylation sites is 1. The topological polar surface area (TPSA) is 79.8 Å². The van der Waals surface area contributed by atoms with Gasteiger partial charge in [0, 0.05) is 11.4 Å². The molecular formula is C16H15N3O3. The number of carbonyl (C=O) groups excluding carboxylic acids is 2. The molecule has 0 unspecified atom stereocenters. The molecule has 0 aromatic heterocycles. The number of amides is 2. The van der Waals surface area contributed by atoms with E-state index in [0.717, 1.165) is 11.8 Å². The minimum atomic E-state index is -0.772. The van der Waals surface area contributed by atoms with E-state index >= 15 is 0 Å². The number of rotatable bonds is 4. The molecule has 112 valence electrons. The van der Waals surface area contributed by atoms with Gasteiger partial charge in [0.2, 0.25) is 0 Å². The number of oxime groups is 1. The number of nitrogens with zero attached hydrogens (tertiary/aromatic N) is 1. The van der Waals surface area contributed by atoms with Crippen molar-refractivity contribution in [1.29, 1.82) is 0 Å². The van der Waals surface area contributed by atoms with Crippen molar-refractivity contribution in [2.75, 3.05) is 10.6 Å². The lowest BCUT2D eigenvalue weighted by molar-refractivity contribution is -0.110. The van der Waals surface area contributed by atoms with E-state index < -0.39 is 12.0 Å². The van der Waals surface area contributed by atoms with Gasteiger partial charge in [0.1, 0.15) is 6.21 Å². The van der Waals surface area contributed by atoms with Gasteiger partial charge in [0.15, 0.2) is 0 Å². The van der Waals surface area contributed by atoms with Gasteiger partial charge in [0.05, 0.1) is 0 Å². The van der Waals surface area contributed by atoms with Crippen molar-refractivity contribution in [2.45, 2.75) is 6.92 Å². The summed E-state index contributed by atoms with van der Waals surface area (Å²) in [6.07, 6.45) is 0.123. The van der Waals surface area contributed by atoms with E-state index in [1.54, 1.807) is 30.3 Å². The number of carbonyl (C=O) groups is 2. The van der Waals surface area contributed by atoms with Crippen molar-refractivity contribution in [3.05, 3.63) is 60.2 Å². The largest absolute Gasteiger partial charge is 0.437 e. The van der Waals surface area contributed by atoms with Crippen LogP contribution in [0.3, 0.4) is 0 Å². The third kappa shape index (κ3) is 5.09. The van der Waals surface area contributed by atoms with Crippen molar-refractivity contribution in [3.8, 4) is 0 Å². The fraction of sp³-hybridized carbons (Fsp3) is 0.0625. The van der Waals surface area contributed by atoms with Crippen molar-refractivity contribution >= 4 is 29.6 Å². The van der Waals surface area contributed by atoms with Crippen LogP contribution < -0.4 is 10.6 Å². The smallest absolute Gasteiger partial charge is 0.321 e. The van der Waals surface area contributed by atoms with Crippen LogP contribution in [0.4, 0.5) is 16.2 Å². The van der Waals surface area contributed by atoms with Gasteiger partial charge in [-0.3, -0.25) is 14.9 Å². The minimum absolute atomic E-state index is 0.488. The molecule has 2 rings (SSSR count). The Morgan fingerprint density at radius 2 is 1.73 bits per heavy atom. The Balaban J connectivity index is 1.79. The molecule has 2 N–H and O–H groups in total. The molecule has 22 heavy (non-hydrogen) atoms. The van der Waals surface area contributed by atoms with Crippen LogP contribution in [0.2, 0.25) is 0 Å². The lowest BCUT2D eigenvalue weighted by Gasteiger charge is -2.03. The SMILES string of the molecule is Cc1cccc(NC(=O)/C=N/OC(=O)Nc2ccccc2)c1. The molecule has 2 amide bonds. The molecule has 6 heteroatoms. The number of anilines is 2. The summed E-state index contributed by atoms with van der Waals surface area (Å²) in [5.41, 5.74) is 2.24. The Morgan fingerprint density at radius 3 is 2.45 bits per heavy atom. The normalized spacial score (nSPS) is 10.2. The van der Waals surface area contributed by atoms with Gasteiger partial charge < -0.3 is 5.32 Å². The molecule has 0 aliphatic rings. The van der Waals surface area contributed by atoms with Crippen molar-refractivity contribution in [2.24, 2.45) is 5.16 Å². The summed E-state index contributed by atoms with van der Waals surface area (Å²) < 4.78 is 0. The zero-order valence-corrected chi connectivity index (χ0v) is 11.9. The molecular weight excluding hydrogens is 282 g/mol. The summed E-state index contributed by atoms with van der Waals surface area (Å²) in [5.74, 6) is -0.488. The first-order valence-electron chi connectivity index (χ1n) is 6.57. The molecule has 2 aromatic rings. The molecule has 0 spiro atoms. The van der Waals surface area contributed by atoms with E-state index in [9.17, 15) is 9.59 Å². The van der Waals surface area contributed by atoms with Gasteiger partial charge in [-0.2, -0.15) is 0 Å². The Labute approximate surface area is 127 Å². The van der Waals surface area contributed by atoms with E-state index in [2.05, 4.69) is 20.6 Å². The first kappa shape index (κ1) is 15.2. The van der Waals surface area contributed by atoms with Gasteiger partial charge in [-0.25, -0.2) is 4.79 Å². The third-order valence-electron chi connectivity index (χ3n) is 2.61. The average Bonchev–Trinajstić information content (AvgIpc) is 2.48. The molecule has 0 saturated carbocycles. The zero-order valence-electron chi connectivity index (χ0n) is 11.9. The number of benzene rings is 2. The Hall–Kier alpha value is -3.15. The summed E-state index contributed by atoms with van der Waals surface area (Å²) in [4.78, 5) is 27.5. The molecule has 0 bridgehead atoms. The summed E-state index contributed by atoms with van der Waals surface area (Å²) in [6.45, 7) is 1.92. The van der Waals surface area contributed by atoms with Crippen LogP contribution >= 0.6 is 0 Å². The summed E-state index contributed by atoms with van der Waals surface area (Å²) in [5, 5.41) is 8.41. The van der Waals surface area contributed by atoms with Crippen LogP contribution in [0.1, 0.15) is 5.56 Å². The van der Waals surface area contributed by atoms with Gasteiger partial charge in [-0.15, -0.1) is 0 Å². The van der Waals surface area contributed by atoms with Gasteiger partial charge >= 0.3 is 6.09 Å². The van der Waals surface area contributed by atoms with Crippen molar-refractivity contribution < 1.29 is 14.4 Å². The highest BCUT2D eigenvalue weighted by molar-refractivity contribution is 6.31. The van der Waals surface area contributed by atoms with E-state index in [1.807, 2.05) is 31.2 Å². The van der Waals surface area contributed by atoms with E-state index in [-0.39, 0.29) is 0 Å². The molecule has 0 radical (unpaired) electrons. The van der Waals surface area contributed by atoms with Gasteiger partial charge in [0.25, 0.3) is 5.91 Å². The predicted octanol–water partition coefficient (Wildman–Crippen LogP) is 3.17.